The summed E-state index contributed by atoms with van der Waals surface area (Å²) in [7, 11) is 0. The highest BCUT2D eigenvalue weighted by Gasteiger charge is 2.12. The highest BCUT2D eigenvalue weighted by atomic mass is 79.9. The van der Waals surface area contributed by atoms with Gasteiger partial charge in [0.2, 0.25) is 0 Å². The van der Waals surface area contributed by atoms with E-state index in [1.165, 1.54) is 0 Å². The monoisotopic (exact) mass is 307 g/mol. The zero-order valence-corrected chi connectivity index (χ0v) is 11.9. The number of aryl methyl sites for hydroxylation is 2. The molecular formula is C13H14BrN3O. The lowest BCUT2D eigenvalue weighted by molar-refractivity contribution is 0.112. The van der Waals surface area contributed by atoms with Gasteiger partial charge in [-0.05, 0) is 18.2 Å². The summed E-state index contributed by atoms with van der Waals surface area (Å²) >= 11 is 3.42. The van der Waals surface area contributed by atoms with Crippen molar-refractivity contribution in [3.63, 3.8) is 0 Å². The van der Waals surface area contributed by atoms with Gasteiger partial charge in [0.25, 0.3) is 0 Å². The van der Waals surface area contributed by atoms with Crippen molar-refractivity contribution in [2.45, 2.75) is 26.7 Å². The molecule has 0 aliphatic rings. The van der Waals surface area contributed by atoms with E-state index in [1.807, 2.05) is 26.0 Å². The van der Waals surface area contributed by atoms with Crippen LogP contribution in [0.3, 0.4) is 0 Å². The number of rotatable bonds is 4. The molecule has 4 nitrogen and oxygen atoms in total. The van der Waals surface area contributed by atoms with Gasteiger partial charge in [0.1, 0.15) is 5.82 Å². The third kappa shape index (κ3) is 2.36. The Kier molecular flexibility index (Phi) is 3.91. The van der Waals surface area contributed by atoms with Gasteiger partial charge in [0, 0.05) is 22.9 Å². The van der Waals surface area contributed by atoms with Gasteiger partial charge in [-0.15, -0.1) is 0 Å². The van der Waals surface area contributed by atoms with Crippen molar-refractivity contribution in [2.75, 3.05) is 0 Å². The van der Waals surface area contributed by atoms with Crippen LogP contribution in [0.2, 0.25) is 0 Å². The number of nitrogens with zero attached hydrogens (tertiary/aromatic N) is 3. The summed E-state index contributed by atoms with van der Waals surface area (Å²) in [5.41, 5.74) is 1.38. The third-order valence-electron chi connectivity index (χ3n) is 2.70. The first-order chi connectivity index (χ1) is 8.69. The molecule has 5 heteroatoms. The van der Waals surface area contributed by atoms with Crippen molar-refractivity contribution in [2.24, 2.45) is 0 Å². The van der Waals surface area contributed by atoms with E-state index < -0.39 is 0 Å². The number of aromatic nitrogens is 3. The van der Waals surface area contributed by atoms with Crippen LogP contribution in [0.5, 0.6) is 0 Å². The van der Waals surface area contributed by atoms with Crippen LogP contribution < -0.4 is 0 Å². The summed E-state index contributed by atoms with van der Waals surface area (Å²) in [5, 5.41) is 4.45. The molecule has 1 aromatic heterocycles. The van der Waals surface area contributed by atoms with Crippen LogP contribution in [0, 0.1) is 0 Å². The topological polar surface area (TPSA) is 47.8 Å². The van der Waals surface area contributed by atoms with E-state index in [2.05, 4.69) is 26.0 Å². The van der Waals surface area contributed by atoms with Crippen molar-refractivity contribution >= 4 is 22.2 Å². The SMILES string of the molecule is CCc1nc(CC)n(-c2cc(Br)ccc2C=O)n1. The normalized spacial score (nSPS) is 10.6. The summed E-state index contributed by atoms with van der Waals surface area (Å²) in [6.07, 6.45) is 2.40. The van der Waals surface area contributed by atoms with Crippen LogP contribution in [-0.4, -0.2) is 21.1 Å². The minimum absolute atomic E-state index is 0.612. The summed E-state index contributed by atoms with van der Waals surface area (Å²) in [6, 6.07) is 5.51. The number of halogens is 1. The molecular weight excluding hydrogens is 294 g/mol. The van der Waals surface area contributed by atoms with Crippen molar-refractivity contribution in [1.29, 1.82) is 0 Å². The van der Waals surface area contributed by atoms with E-state index in [4.69, 9.17) is 0 Å². The standard InChI is InChI=1S/C13H14BrN3O/c1-3-12-15-13(4-2)17(16-12)11-7-10(14)6-5-9(11)8-18/h5-8H,3-4H2,1-2H3. The van der Waals surface area contributed by atoms with Gasteiger partial charge in [0.15, 0.2) is 12.1 Å². The van der Waals surface area contributed by atoms with E-state index in [9.17, 15) is 4.79 Å². The van der Waals surface area contributed by atoms with E-state index in [0.717, 1.165) is 40.9 Å². The predicted molar refractivity (Wildman–Crippen MR) is 73.2 cm³/mol. The van der Waals surface area contributed by atoms with Gasteiger partial charge in [-0.3, -0.25) is 4.79 Å². The molecule has 0 bridgehead atoms. The fourth-order valence-electron chi connectivity index (χ4n) is 1.76. The molecule has 0 N–H and O–H groups in total. The Morgan fingerprint density at radius 2 is 2.11 bits per heavy atom. The molecule has 1 heterocycles. The molecule has 0 atom stereocenters. The zero-order valence-electron chi connectivity index (χ0n) is 10.4. The second-order valence-corrected chi connectivity index (χ2v) is 4.80. The van der Waals surface area contributed by atoms with Crippen molar-refractivity contribution in [3.05, 3.63) is 39.9 Å². The van der Waals surface area contributed by atoms with E-state index in [1.54, 1.807) is 10.7 Å². The Bertz CT molecular complexity index is 578. The summed E-state index contributed by atoms with van der Waals surface area (Å²) in [6.45, 7) is 4.04. The molecule has 0 fully saturated rings. The first-order valence-corrected chi connectivity index (χ1v) is 6.68. The Morgan fingerprint density at radius 1 is 1.33 bits per heavy atom. The highest BCUT2D eigenvalue weighted by Crippen LogP contribution is 2.20. The maximum atomic E-state index is 11.1. The first kappa shape index (κ1) is 13.0. The van der Waals surface area contributed by atoms with Crippen LogP contribution in [0.25, 0.3) is 5.69 Å². The molecule has 94 valence electrons. The second-order valence-electron chi connectivity index (χ2n) is 3.88. The third-order valence-corrected chi connectivity index (χ3v) is 3.19. The van der Waals surface area contributed by atoms with Gasteiger partial charge in [0.05, 0.1) is 5.69 Å². The molecule has 1 aromatic carbocycles. The zero-order chi connectivity index (χ0) is 13.1. The number of benzene rings is 1. The van der Waals surface area contributed by atoms with Crippen molar-refractivity contribution in [1.82, 2.24) is 14.8 Å². The molecule has 0 saturated heterocycles. The molecule has 0 unspecified atom stereocenters. The van der Waals surface area contributed by atoms with Crippen LogP contribution in [0.15, 0.2) is 22.7 Å². The Morgan fingerprint density at radius 3 is 2.72 bits per heavy atom. The van der Waals surface area contributed by atoms with Gasteiger partial charge < -0.3 is 0 Å². The first-order valence-electron chi connectivity index (χ1n) is 5.89. The molecule has 0 aliphatic carbocycles. The summed E-state index contributed by atoms with van der Waals surface area (Å²) in [4.78, 5) is 15.6. The molecule has 2 aromatic rings. The minimum atomic E-state index is 0.612. The van der Waals surface area contributed by atoms with E-state index >= 15 is 0 Å². The number of carbonyl (C=O) groups is 1. The molecule has 0 radical (unpaired) electrons. The van der Waals surface area contributed by atoms with E-state index in [0.29, 0.717) is 5.56 Å². The van der Waals surface area contributed by atoms with Crippen LogP contribution in [-0.2, 0) is 12.8 Å². The lowest BCUT2D eigenvalue weighted by Gasteiger charge is -2.07. The minimum Gasteiger partial charge on any atom is -0.298 e. The average molecular weight is 308 g/mol. The van der Waals surface area contributed by atoms with Gasteiger partial charge in [-0.2, -0.15) is 5.10 Å². The van der Waals surface area contributed by atoms with Crippen LogP contribution in [0.1, 0.15) is 35.9 Å². The Labute approximate surface area is 114 Å². The van der Waals surface area contributed by atoms with Crippen LogP contribution in [0.4, 0.5) is 0 Å². The molecule has 2 rings (SSSR count). The second kappa shape index (κ2) is 5.44. The van der Waals surface area contributed by atoms with Gasteiger partial charge in [-0.25, -0.2) is 9.67 Å². The molecule has 0 spiro atoms. The van der Waals surface area contributed by atoms with Crippen molar-refractivity contribution in [3.8, 4) is 5.69 Å². The lowest BCUT2D eigenvalue weighted by Crippen LogP contribution is -2.05. The number of aldehydes is 1. The summed E-state index contributed by atoms with van der Waals surface area (Å²) in [5.74, 6) is 1.66. The smallest absolute Gasteiger partial charge is 0.152 e. The highest BCUT2D eigenvalue weighted by molar-refractivity contribution is 9.10. The fourth-order valence-corrected chi connectivity index (χ4v) is 2.11. The lowest BCUT2D eigenvalue weighted by atomic mass is 10.2. The van der Waals surface area contributed by atoms with E-state index in [-0.39, 0.29) is 0 Å². The largest absolute Gasteiger partial charge is 0.298 e. The summed E-state index contributed by atoms with van der Waals surface area (Å²) < 4.78 is 2.67. The molecule has 0 amide bonds. The van der Waals surface area contributed by atoms with Crippen LogP contribution >= 0.6 is 15.9 Å². The van der Waals surface area contributed by atoms with Gasteiger partial charge >= 0.3 is 0 Å². The Balaban J connectivity index is 2.63. The Hall–Kier alpha value is -1.49. The number of hydrogen-bond acceptors (Lipinski definition) is 3. The maximum Gasteiger partial charge on any atom is 0.152 e. The number of hydrogen-bond donors (Lipinski definition) is 0. The van der Waals surface area contributed by atoms with Crippen molar-refractivity contribution < 1.29 is 4.79 Å². The molecule has 0 saturated carbocycles. The quantitative estimate of drug-likeness (QED) is 0.816. The number of carbonyl (C=O) groups excluding carboxylic acids is 1. The fraction of sp³-hybridized carbons (Fsp3) is 0.308. The van der Waals surface area contributed by atoms with Gasteiger partial charge in [-0.1, -0.05) is 29.8 Å². The molecule has 18 heavy (non-hydrogen) atoms. The average Bonchev–Trinajstić information content (AvgIpc) is 2.81. The maximum absolute atomic E-state index is 11.1. The molecule has 0 aliphatic heterocycles. The predicted octanol–water partition coefficient (Wildman–Crippen LogP) is 2.97.